The molecular weight excluding hydrogens is 376 g/mol. The second-order valence-electron chi connectivity index (χ2n) is 6.69. The highest BCUT2D eigenvalue weighted by molar-refractivity contribution is 6.01. The molecule has 7 heteroatoms. The summed E-state index contributed by atoms with van der Waals surface area (Å²) >= 11 is 0. The standard InChI is InChI=1S/C23H20N6O/c24-20-4-2-1-3-17(20)19-13-15(5-6-18(19)22(25)30)14-28-23-27-12-9-21(29-23)16-7-10-26-11-8-16/h1-13H,14,24H2,(H2,25,30)(H,27,28,29). The molecule has 0 saturated carbocycles. The fourth-order valence-corrected chi connectivity index (χ4v) is 3.19. The number of benzene rings is 2. The zero-order chi connectivity index (χ0) is 20.9. The Morgan fingerprint density at radius 2 is 1.73 bits per heavy atom. The molecule has 4 aromatic rings. The number of hydrogen-bond donors (Lipinski definition) is 3. The van der Waals surface area contributed by atoms with E-state index in [9.17, 15) is 4.79 Å². The van der Waals surface area contributed by atoms with Gasteiger partial charge in [-0.25, -0.2) is 9.97 Å². The first-order chi connectivity index (χ1) is 14.6. The molecule has 0 fully saturated rings. The average molecular weight is 396 g/mol. The molecule has 5 N–H and O–H groups in total. The van der Waals surface area contributed by atoms with Gasteiger partial charge in [0.15, 0.2) is 0 Å². The van der Waals surface area contributed by atoms with E-state index >= 15 is 0 Å². The summed E-state index contributed by atoms with van der Waals surface area (Å²) in [5, 5.41) is 3.23. The number of pyridine rings is 1. The highest BCUT2D eigenvalue weighted by Crippen LogP contribution is 2.30. The van der Waals surface area contributed by atoms with Crippen LogP contribution in [0.2, 0.25) is 0 Å². The van der Waals surface area contributed by atoms with Crippen LogP contribution in [0.3, 0.4) is 0 Å². The number of hydrogen-bond acceptors (Lipinski definition) is 6. The van der Waals surface area contributed by atoms with Crippen LogP contribution in [-0.2, 0) is 6.54 Å². The van der Waals surface area contributed by atoms with Gasteiger partial charge in [0.2, 0.25) is 11.9 Å². The van der Waals surface area contributed by atoms with Crippen molar-refractivity contribution in [1.29, 1.82) is 0 Å². The summed E-state index contributed by atoms with van der Waals surface area (Å²) in [6.45, 7) is 0.471. The van der Waals surface area contributed by atoms with Crippen molar-refractivity contribution < 1.29 is 4.79 Å². The van der Waals surface area contributed by atoms with Crippen LogP contribution in [0, 0.1) is 0 Å². The molecule has 0 radical (unpaired) electrons. The van der Waals surface area contributed by atoms with Gasteiger partial charge >= 0.3 is 0 Å². The highest BCUT2D eigenvalue weighted by atomic mass is 16.1. The number of primary amides is 1. The van der Waals surface area contributed by atoms with Crippen LogP contribution in [0.1, 0.15) is 15.9 Å². The maximum Gasteiger partial charge on any atom is 0.249 e. The third-order valence-corrected chi connectivity index (χ3v) is 4.68. The van der Waals surface area contributed by atoms with Crippen LogP contribution >= 0.6 is 0 Å². The maximum atomic E-state index is 11.9. The third-order valence-electron chi connectivity index (χ3n) is 4.68. The molecule has 4 rings (SSSR count). The first kappa shape index (κ1) is 19.1. The summed E-state index contributed by atoms with van der Waals surface area (Å²) in [5.41, 5.74) is 16.9. The molecular formula is C23H20N6O. The second-order valence-corrected chi connectivity index (χ2v) is 6.69. The van der Waals surface area contributed by atoms with E-state index in [4.69, 9.17) is 11.5 Å². The lowest BCUT2D eigenvalue weighted by molar-refractivity contribution is 0.100. The number of aromatic nitrogens is 3. The normalized spacial score (nSPS) is 10.5. The Hall–Kier alpha value is -4.26. The van der Waals surface area contributed by atoms with E-state index in [0.717, 1.165) is 22.4 Å². The largest absolute Gasteiger partial charge is 0.398 e. The van der Waals surface area contributed by atoms with E-state index in [2.05, 4.69) is 20.3 Å². The van der Waals surface area contributed by atoms with Gasteiger partial charge in [-0.2, -0.15) is 0 Å². The summed E-state index contributed by atoms with van der Waals surface area (Å²) in [4.78, 5) is 24.8. The number of nitrogens with zero attached hydrogens (tertiary/aromatic N) is 3. The minimum atomic E-state index is -0.499. The average Bonchev–Trinajstić information content (AvgIpc) is 2.78. The van der Waals surface area contributed by atoms with E-state index in [0.29, 0.717) is 29.3 Å². The summed E-state index contributed by atoms with van der Waals surface area (Å²) in [6, 6.07) is 18.5. The van der Waals surface area contributed by atoms with Crippen molar-refractivity contribution in [2.75, 3.05) is 11.1 Å². The number of para-hydroxylation sites is 1. The quantitative estimate of drug-likeness (QED) is 0.429. The third kappa shape index (κ3) is 4.10. The number of carbonyl (C=O) groups is 1. The topological polar surface area (TPSA) is 120 Å². The van der Waals surface area contributed by atoms with Crippen molar-refractivity contribution in [3.63, 3.8) is 0 Å². The van der Waals surface area contributed by atoms with Crippen molar-refractivity contribution >= 4 is 17.5 Å². The summed E-state index contributed by atoms with van der Waals surface area (Å²) in [7, 11) is 0. The van der Waals surface area contributed by atoms with Crippen LogP contribution < -0.4 is 16.8 Å². The van der Waals surface area contributed by atoms with E-state index in [1.165, 1.54) is 0 Å². The maximum absolute atomic E-state index is 11.9. The first-order valence-corrected chi connectivity index (χ1v) is 9.37. The predicted octanol–water partition coefficient (Wildman–Crippen LogP) is 3.50. The number of carbonyl (C=O) groups excluding carboxylic acids is 1. The van der Waals surface area contributed by atoms with Crippen molar-refractivity contribution in [3.05, 3.63) is 90.4 Å². The molecule has 0 aliphatic carbocycles. The molecule has 0 unspecified atom stereocenters. The second kappa shape index (κ2) is 8.40. The molecule has 2 aromatic carbocycles. The number of nitrogen functional groups attached to an aromatic ring is 1. The molecule has 1 amide bonds. The molecule has 2 heterocycles. The number of nitrogens with one attached hydrogen (secondary N) is 1. The van der Waals surface area contributed by atoms with Gasteiger partial charge in [0, 0.05) is 47.5 Å². The molecule has 0 spiro atoms. The number of amides is 1. The van der Waals surface area contributed by atoms with Gasteiger partial charge in [0.05, 0.1) is 5.69 Å². The summed E-state index contributed by atoms with van der Waals surface area (Å²) in [6.07, 6.45) is 5.15. The van der Waals surface area contributed by atoms with Gasteiger partial charge in [-0.1, -0.05) is 24.3 Å². The molecule has 0 saturated heterocycles. The number of rotatable bonds is 6. The van der Waals surface area contributed by atoms with E-state index < -0.39 is 5.91 Å². The van der Waals surface area contributed by atoms with E-state index in [1.54, 1.807) is 30.7 Å². The van der Waals surface area contributed by atoms with Gasteiger partial charge < -0.3 is 16.8 Å². The summed E-state index contributed by atoms with van der Waals surface area (Å²) < 4.78 is 0. The molecule has 7 nitrogen and oxygen atoms in total. The molecule has 0 bridgehead atoms. The van der Waals surface area contributed by atoms with E-state index in [-0.39, 0.29) is 0 Å². The lowest BCUT2D eigenvalue weighted by atomic mass is 9.95. The van der Waals surface area contributed by atoms with Crippen LogP contribution in [0.4, 0.5) is 11.6 Å². The Balaban J connectivity index is 1.60. The Bertz CT molecular complexity index is 1190. The minimum Gasteiger partial charge on any atom is -0.398 e. The van der Waals surface area contributed by atoms with Crippen LogP contribution in [0.5, 0.6) is 0 Å². The van der Waals surface area contributed by atoms with Gasteiger partial charge in [-0.15, -0.1) is 0 Å². The Morgan fingerprint density at radius 1 is 0.933 bits per heavy atom. The number of anilines is 2. The Kier molecular flexibility index (Phi) is 5.34. The number of nitrogens with two attached hydrogens (primary N) is 2. The van der Waals surface area contributed by atoms with Gasteiger partial charge in [-0.05, 0) is 47.5 Å². The van der Waals surface area contributed by atoms with Crippen molar-refractivity contribution in [2.24, 2.45) is 5.73 Å². The van der Waals surface area contributed by atoms with Crippen molar-refractivity contribution in [3.8, 4) is 22.4 Å². The molecule has 2 aromatic heterocycles. The van der Waals surface area contributed by atoms with Crippen LogP contribution in [0.25, 0.3) is 22.4 Å². The van der Waals surface area contributed by atoms with E-state index in [1.807, 2.05) is 48.5 Å². The van der Waals surface area contributed by atoms with Gasteiger partial charge in [0.25, 0.3) is 0 Å². The Labute approximate surface area is 173 Å². The molecule has 0 aliphatic rings. The smallest absolute Gasteiger partial charge is 0.249 e. The van der Waals surface area contributed by atoms with Crippen LogP contribution in [0.15, 0.2) is 79.3 Å². The van der Waals surface area contributed by atoms with Gasteiger partial charge in [-0.3, -0.25) is 9.78 Å². The lowest BCUT2D eigenvalue weighted by Crippen LogP contribution is -2.13. The predicted molar refractivity (Wildman–Crippen MR) is 117 cm³/mol. The van der Waals surface area contributed by atoms with Gasteiger partial charge in [0.1, 0.15) is 0 Å². The molecule has 30 heavy (non-hydrogen) atoms. The monoisotopic (exact) mass is 396 g/mol. The Morgan fingerprint density at radius 3 is 2.50 bits per heavy atom. The van der Waals surface area contributed by atoms with Crippen molar-refractivity contribution in [2.45, 2.75) is 6.54 Å². The minimum absolute atomic E-state index is 0.424. The lowest BCUT2D eigenvalue weighted by Gasteiger charge is -2.13. The molecule has 0 aliphatic heterocycles. The fraction of sp³-hybridized carbons (Fsp3) is 0.0435. The zero-order valence-electron chi connectivity index (χ0n) is 16.1. The summed E-state index contributed by atoms with van der Waals surface area (Å²) in [5.74, 6) is 0.00483. The zero-order valence-corrected chi connectivity index (χ0v) is 16.1. The van der Waals surface area contributed by atoms with Crippen LogP contribution in [-0.4, -0.2) is 20.9 Å². The SMILES string of the molecule is NC(=O)c1ccc(CNc2nccc(-c3ccncc3)n2)cc1-c1ccccc1N. The van der Waals surface area contributed by atoms with Crippen molar-refractivity contribution in [1.82, 2.24) is 15.0 Å². The molecule has 148 valence electrons. The molecule has 0 atom stereocenters. The first-order valence-electron chi connectivity index (χ1n) is 9.37. The highest BCUT2D eigenvalue weighted by Gasteiger charge is 2.13. The fourth-order valence-electron chi connectivity index (χ4n) is 3.19.